The quantitative estimate of drug-likeness (QED) is 0.727. The van der Waals surface area contributed by atoms with Crippen LogP contribution in [-0.2, 0) is 6.54 Å². The van der Waals surface area contributed by atoms with Crippen molar-refractivity contribution in [1.29, 1.82) is 0 Å². The van der Waals surface area contributed by atoms with Crippen LogP contribution < -0.4 is 10.6 Å². The van der Waals surface area contributed by atoms with Crippen molar-refractivity contribution in [1.82, 2.24) is 20.8 Å². The SMILES string of the molecule is CCNC(=O)c1noc(CNCC2CC2)n1. The lowest BCUT2D eigenvalue weighted by Crippen LogP contribution is -2.24. The summed E-state index contributed by atoms with van der Waals surface area (Å²) in [6.07, 6.45) is 2.61. The van der Waals surface area contributed by atoms with Crippen molar-refractivity contribution >= 4 is 5.91 Å². The summed E-state index contributed by atoms with van der Waals surface area (Å²) in [5.74, 6) is 1.08. The molecule has 1 aliphatic rings. The van der Waals surface area contributed by atoms with Gasteiger partial charge in [0.15, 0.2) is 0 Å². The fourth-order valence-electron chi connectivity index (χ4n) is 1.36. The summed E-state index contributed by atoms with van der Waals surface area (Å²) in [5.41, 5.74) is 0. The molecule has 0 atom stereocenters. The van der Waals surface area contributed by atoms with Crippen LogP contribution in [0.1, 0.15) is 36.3 Å². The van der Waals surface area contributed by atoms with Crippen LogP contribution >= 0.6 is 0 Å². The number of aromatic nitrogens is 2. The first-order chi connectivity index (χ1) is 7.79. The van der Waals surface area contributed by atoms with Gasteiger partial charge in [0, 0.05) is 6.54 Å². The molecule has 0 unspecified atom stereocenters. The van der Waals surface area contributed by atoms with E-state index in [1.165, 1.54) is 12.8 Å². The molecule has 0 aliphatic heterocycles. The van der Waals surface area contributed by atoms with Gasteiger partial charge in [0.25, 0.3) is 11.7 Å². The van der Waals surface area contributed by atoms with Gasteiger partial charge in [0.1, 0.15) is 0 Å². The second kappa shape index (κ2) is 5.07. The normalized spacial score (nSPS) is 15.1. The molecule has 0 bridgehead atoms. The summed E-state index contributed by atoms with van der Waals surface area (Å²) < 4.78 is 4.95. The molecule has 2 rings (SSSR count). The molecule has 1 aromatic rings. The maximum absolute atomic E-state index is 11.3. The van der Waals surface area contributed by atoms with E-state index < -0.39 is 0 Å². The van der Waals surface area contributed by atoms with Crippen LogP contribution in [0.3, 0.4) is 0 Å². The Kier molecular flexibility index (Phi) is 3.51. The van der Waals surface area contributed by atoms with Gasteiger partial charge in [-0.3, -0.25) is 4.79 Å². The highest BCUT2D eigenvalue weighted by Crippen LogP contribution is 2.27. The molecule has 1 aliphatic carbocycles. The molecule has 2 N–H and O–H groups in total. The Bertz CT molecular complexity index is 359. The maximum atomic E-state index is 11.3. The van der Waals surface area contributed by atoms with E-state index in [2.05, 4.69) is 20.8 Å². The van der Waals surface area contributed by atoms with E-state index in [0.29, 0.717) is 19.0 Å². The largest absolute Gasteiger partial charge is 0.349 e. The highest BCUT2D eigenvalue weighted by atomic mass is 16.5. The fraction of sp³-hybridized carbons (Fsp3) is 0.700. The van der Waals surface area contributed by atoms with Gasteiger partial charge in [0.05, 0.1) is 6.54 Å². The third-order valence-corrected chi connectivity index (χ3v) is 2.41. The average Bonchev–Trinajstić information content (AvgIpc) is 2.95. The van der Waals surface area contributed by atoms with E-state index in [1.54, 1.807) is 0 Å². The van der Waals surface area contributed by atoms with Gasteiger partial charge >= 0.3 is 0 Å². The average molecular weight is 224 g/mol. The molecule has 1 fully saturated rings. The van der Waals surface area contributed by atoms with Gasteiger partial charge in [0.2, 0.25) is 5.89 Å². The van der Waals surface area contributed by atoms with Crippen LogP contribution in [0.25, 0.3) is 0 Å². The number of nitrogens with one attached hydrogen (secondary N) is 2. The topological polar surface area (TPSA) is 80.0 Å². The molecular formula is C10H16N4O2. The number of rotatable bonds is 6. The van der Waals surface area contributed by atoms with E-state index in [4.69, 9.17) is 4.52 Å². The third-order valence-electron chi connectivity index (χ3n) is 2.41. The summed E-state index contributed by atoms with van der Waals surface area (Å²) in [7, 11) is 0. The molecule has 0 radical (unpaired) electrons. The Morgan fingerprint density at radius 1 is 1.56 bits per heavy atom. The number of hydrogen-bond acceptors (Lipinski definition) is 5. The molecule has 88 valence electrons. The minimum atomic E-state index is -0.292. The lowest BCUT2D eigenvalue weighted by molar-refractivity contribution is 0.0942. The molecule has 0 aromatic carbocycles. The van der Waals surface area contributed by atoms with Crippen molar-refractivity contribution < 1.29 is 9.32 Å². The smallest absolute Gasteiger partial charge is 0.292 e. The van der Waals surface area contributed by atoms with E-state index >= 15 is 0 Å². The lowest BCUT2D eigenvalue weighted by Gasteiger charge is -1.97. The zero-order valence-electron chi connectivity index (χ0n) is 9.32. The highest BCUT2D eigenvalue weighted by Gasteiger charge is 2.20. The molecule has 1 saturated carbocycles. The van der Waals surface area contributed by atoms with Crippen LogP contribution in [0.15, 0.2) is 4.52 Å². The van der Waals surface area contributed by atoms with E-state index in [0.717, 1.165) is 12.5 Å². The molecule has 16 heavy (non-hydrogen) atoms. The van der Waals surface area contributed by atoms with Crippen LogP contribution in [0.2, 0.25) is 0 Å². The van der Waals surface area contributed by atoms with E-state index in [1.807, 2.05) is 6.92 Å². The zero-order chi connectivity index (χ0) is 11.4. The minimum absolute atomic E-state index is 0.102. The molecule has 6 nitrogen and oxygen atoms in total. The van der Waals surface area contributed by atoms with Crippen molar-refractivity contribution in [3.63, 3.8) is 0 Å². The number of hydrogen-bond donors (Lipinski definition) is 2. The first kappa shape index (κ1) is 11.1. The second-order valence-corrected chi connectivity index (χ2v) is 3.95. The number of amides is 1. The predicted octanol–water partition coefficient (Wildman–Crippen LogP) is 0.319. The van der Waals surface area contributed by atoms with Gasteiger partial charge in [-0.2, -0.15) is 4.98 Å². The van der Waals surface area contributed by atoms with Gasteiger partial charge < -0.3 is 15.2 Å². The zero-order valence-corrected chi connectivity index (χ0v) is 9.32. The number of carbonyl (C=O) groups excluding carboxylic acids is 1. The number of carbonyl (C=O) groups is 1. The molecule has 6 heteroatoms. The summed E-state index contributed by atoms with van der Waals surface area (Å²) in [4.78, 5) is 15.3. The Hall–Kier alpha value is -1.43. The molecule has 1 heterocycles. The van der Waals surface area contributed by atoms with Gasteiger partial charge in [-0.15, -0.1) is 0 Å². The molecule has 0 saturated heterocycles. The second-order valence-electron chi connectivity index (χ2n) is 3.95. The van der Waals surface area contributed by atoms with E-state index in [-0.39, 0.29) is 11.7 Å². The summed E-state index contributed by atoms with van der Waals surface area (Å²) >= 11 is 0. The maximum Gasteiger partial charge on any atom is 0.292 e. The Balaban J connectivity index is 1.78. The Morgan fingerprint density at radius 2 is 2.38 bits per heavy atom. The lowest BCUT2D eigenvalue weighted by atomic mass is 10.4. The van der Waals surface area contributed by atoms with Crippen LogP contribution in [-0.4, -0.2) is 29.1 Å². The first-order valence-electron chi connectivity index (χ1n) is 5.61. The van der Waals surface area contributed by atoms with Crippen molar-refractivity contribution in [3.05, 3.63) is 11.7 Å². The van der Waals surface area contributed by atoms with Gasteiger partial charge in [-0.25, -0.2) is 0 Å². The third kappa shape index (κ3) is 3.03. The first-order valence-corrected chi connectivity index (χ1v) is 5.61. The van der Waals surface area contributed by atoms with E-state index in [9.17, 15) is 4.79 Å². The molecule has 1 aromatic heterocycles. The predicted molar refractivity (Wildman–Crippen MR) is 56.7 cm³/mol. The van der Waals surface area contributed by atoms with Crippen LogP contribution in [0.5, 0.6) is 0 Å². The Morgan fingerprint density at radius 3 is 3.06 bits per heavy atom. The summed E-state index contributed by atoms with van der Waals surface area (Å²) in [5, 5.41) is 9.44. The van der Waals surface area contributed by atoms with Gasteiger partial charge in [-0.1, -0.05) is 5.16 Å². The minimum Gasteiger partial charge on any atom is -0.349 e. The highest BCUT2D eigenvalue weighted by molar-refractivity contribution is 5.90. The summed E-state index contributed by atoms with van der Waals surface area (Å²) in [6, 6.07) is 0. The fourth-order valence-corrected chi connectivity index (χ4v) is 1.36. The van der Waals surface area contributed by atoms with Gasteiger partial charge in [-0.05, 0) is 32.2 Å². The van der Waals surface area contributed by atoms with Crippen molar-refractivity contribution in [3.8, 4) is 0 Å². The monoisotopic (exact) mass is 224 g/mol. The molecule has 0 spiro atoms. The summed E-state index contributed by atoms with van der Waals surface area (Å²) in [6.45, 7) is 3.92. The van der Waals surface area contributed by atoms with Crippen molar-refractivity contribution in [2.45, 2.75) is 26.3 Å². The molecular weight excluding hydrogens is 208 g/mol. The Labute approximate surface area is 93.8 Å². The number of nitrogens with zero attached hydrogens (tertiary/aromatic N) is 2. The van der Waals surface area contributed by atoms with Crippen LogP contribution in [0.4, 0.5) is 0 Å². The van der Waals surface area contributed by atoms with Crippen molar-refractivity contribution in [2.75, 3.05) is 13.1 Å². The standard InChI is InChI=1S/C10H16N4O2/c1-2-12-10(15)9-13-8(16-14-9)6-11-5-7-3-4-7/h7,11H,2-6H2,1H3,(H,12,15). The van der Waals surface area contributed by atoms with Crippen LogP contribution in [0, 0.1) is 5.92 Å². The van der Waals surface area contributed by atoms with Crippen molar-refractivity contribution in [2.24, 2.45) is 5.92 Å². The molecule has 1 amide bonds.